The summed E-state index contributed by atoms with van der Waals surface area (Å²) in [6.45, 7) is 4.86. The fourth-order valence-corrected chi connectivity index (χ4v) is 1.26. The number of nitrogens with two attached hydrogens (primary N) is 1. The van der Waals surface area contributed by atoms with Gasteiger partial charge in [0.05, 0.1) is 10.7 Å². The molecule has 1 rings (SSSR count). The zero-order chi connectivity index (χ0) is 10.6. The number of rotatable bonds is 4. The second-order valence-corrected chi connectivity index (χ2v) is 3.91. The minimum Gasteiger partial charge on any atom is -0.381 e. The minimum atomic E-state index is 0.305. The molecule has 0 aliphatic rings. The second-order valence-electron chi connectivity index (χ2n) is 3.50. The van der Waals surface area contributed by atoms with Crippen molar-refractivity contribution in [3.63, 3.8) is 0 Å². The van der Waals surface area contributed by atoms with Gasteiger partial charge in [-0.25, -0.2) is 0 Å². The molecule has 0 fully saturated rings. The number of nitrogens with zero attached hydrogens (tertiary/aromatic N) is 1. The van der Waals surface area contributed by atoms with E-state index in [1.807, 2.05) is 6.07 Å². The predicted octanol–water partition coefficient (Wildman–Crippen LogP) is 2.13. The highest BCUT2D eigenvalue weighted by Gasteiger charge is 2.11. The van der Waals surface area contributed by atoms with Crippen LogP contribution in [0.2, 0.25) is 5.02 Å². The largest absolute Gasteiger partial charge is 0.381 e. The minimum absolute atomic E-state index is 0.305. The molecule has 78 valence electrons. The van der Waals surface area contributed by atoms with E-state index in [2.05, 4.69) is 24.1 Å². The summed E-state index contributed by atoms with van der Waals surface area (Å²) < 4.78 is 0. The molecule has 2 atom stereocenters. The van der Waals surface area contributed by atoms with Crippen LogP contribution in [0.15, 0.2) is 18.5 Å². The van der Waals surface area contributed by atoms with Crippen LogP contribution in [0, 0.1) is 5.92 Å². The Kier molecular flexibility index (Phi) is 4.17. The fraction of sp³-hybridized carbons (Fsp3) is 0.500. The predicted molar refractivity (Wildman–Crippen MR) is 60.6 cm³/mol. The maximum atomic E-state index is 5.96. The standard InChI is InChI=1S/C10H16ClN3/c1-7(5-12)8(2)14-10-3-4-13-6-9(10)11/h3-4,6-8H,5,12H2,1-2H3,(H,13,14). The lowest BCUT2D eigenvalue weighted by molar-refractivity contribution is 0.521. The SMILES string of the molecule is CC(CN)C(C)Nc1ccncc1Cl. The maximum absolute atomic E-state index is 5.96. The van der Waals surface area contributed by atoms with Gasteiger partial charge in [0.25, 0.3) is 0 Å². The third kappa shape index (κ3) is 2.86. The molecular weight excluding hydrogens is 198 g/mol. The van der Waals surface area contributed by atoms with Crippen LogP contribution < -0.4 is 11.1 Å². The van der Waals surface area contributed by atoms with E-state index in [-0.39, 0.29) is 0 Å². The van der Waals surface area contributed by atoms with Crippen molar-refractivity contribution in [3.05, 3.63) is 23.5 Å². The summed E-state index contributed by atoms with van der Waals surface area (Å²) >= 11 is 5.96. The molecule has 1 aromatic heterocycles. The zero-order valence-electron chi connectivity index (χ0n) is 8.50. The molecule has 0 spiro atoms. The number of anilines is 1. The molecule has 1 heterocycles. The Balaban J connectivity index is 2.64. The van der Waals surface area contributed by atoms with Gasteiger partial charge in [-0.2, -0.15) is 0 Å². The summed E-state index contributed by atoms with van der Waals surface area (Å²) in [5, 5.41) is 3.95. The van der Waals surface area contributed by atoms with E-state index in [0.717, 1.165) is 5.69 Å². The summed E-state index contributed by atoms with van der Waals surface area (Å²) in [6, 6.07) is 2.17. The van der Waals surface area contributed by atoms with E-state index < -0.39 is 0 Å². The molecule has 0 aliphatic heterocycles. The van der Waals surface area contributed by atoms with Gasteiger partial charge in [-0.05, 0) is 25.5 Å². The van der Waals surface area contributed by atoms with Gasteiger partial charge < -0.3 is 11.1 Å². The van der Waals surface area contributed by atoms with Gasteiger partial charge in [0.2, 0.25) is 0 Å². The van der Waals surface area contributed by atoms with Crippen LogP contribution in [0.4, 0.5) is 5.69 Å². The van der Waals surface area contributed by atoms with Gasteiger partial charge in [-0.1, -0.05) is 18.5 Å². The molecule has 0 amide bonds. The Morgan fingerprint density at radius 3 is 2.86 bits per heavy atom. The molecule has 0 aromatic carbocycles. The van der Waals surface area contributed by atoms with Crippen molar-refractivity contribution in [1.29, 1.82) is 0 Å². The lowest BCUT2D eigenvalue weighted by Gasteiger charge is -2.21. The molecule has 0 saturated heterocycles. The maximum Gasteiger partial charge on any atom is 0.0820 e. The molecule has 1 aromatic rings. The van der Waals surface area contributed by atoms with E-state index in [4.69, 9.17) is 17.3 Å². The van der Waals surface area contributed by atoms with Crippen molar-refractivity contribution in [1.82, 2.24) is 4.98 Å². The van der Waals surface area contributed by atoms with Crippen LogP contribution in [-0.4, -0.2) is 17.6 Å². The lowest BCUT2D eigenvalue weighted by Crippen LogP contribution is -2.29. The number of hydrogen-bond donors (Lipinski definition) is 2. The average molecular weight is 214 g/mol. The second kappa shape index (κ2) is 5.17. The molecule has 4 heteroatoms. The van der Waals surface area contributed by atoms with Crippen LogP contribution in [0.1, 0.15) is 13.8 Å². The van der Waals surface area contributed by atoms with E-state index >= 15 is 0 Å². The summed E-state index contributed by atoms with van der Waals surface area (Å²) in [6.07, 6.45) is 3.35. The van der Waals surface area contributed by atoms with Crippen LogP contribution in [0.25, 0.3) is 0 Å². The number of hydrogen-bond acceptors (Lipinski definition) is 3. The van der Waals surface area contributed by atoms with E-state index in [0.29, 0.717) is 23.5 Å². The third-order valence-corrected chi connectivity index (χ3v) is 2.68. The Labute approximate surface area is 89.7 Å². The summed E-state index contributed by atoms with van der Waals surface area (Å²) in [5.74, 6) is 0.416. The van der Waals surface area contributed by atoms with Crippen molar-refractivity contribution < 1.29 is 0 Å². The fourth-order valence-electron chi connectivity index (χ4n) is 1.08. The first-order chi connectivity index (χ1) is 6.65. The topological polar surface area (TPSA) is 50.9 Å². The lowest BCUT2D eigenvalue weighted by atomic mass is 10.0. The van der Waals surface area contributed by atoms with E-state index in [1.54, 1.807) is 12.4 Å². The molecule has 3 nitrogen and oxygen atoms in total. The van der Waals surface area contributed by atoms with E-state index in [1.165, 1.54) is 0 Å². The summed E-state index contributed by atoms with van der Waals surface area (Å²) in [7, 11) is 0. The molecule has 0 aliphatic carbocycles. The Hall–Kier alpha value is -0.800. The zero-order valence-corrected chi connectivity index (χ0v) is 9.25. The van der Waals surface area contributed by atoms with Gasteiger partial charge in [0.15, 0.2) is 0 Å². The number of halogens is 1. The highest BCUT2D eigenvalue weighted by Crippen LogP contribution is 2.21. The Morgan fingerprint density at radius 2 is 2.29 bits per heavy atom. The molecule has 3 N–H and O–H groups in total. The van der Waals surface area contributed by atoms with Crippen LogP contribution in [-0.2, 0) is 0 Å². The van der Waals surface area contributed by atoms with Crippen LogP contribution in [0.3, 0.4) is 0 Å². The van der Waals surface area contributed by atoms with Gasteiger partial charge in [0.1, 0.15) is 0 Å². The normalized spacial score (nSPS) is 14.9. The molecular formula is C10H16ClN3. The van der Waals surface area contributed by atoms with Crippen molar-refractivity contribution in [2.45, 2.75) is 19.9 Å². The van der Waals surface area contributed by atoms with Crippen molar-refractivity contribution in [2.24, 2.45) is 11.7 Å². The monoisotopic (exact) mass is 213 g/mol. The molecule has 0 bridgehead atoms. The van der Waals surface area contributed by atoms with Gasteiger partial charge in [-0.3, -0.25) is 4.98 Å². The first-order valence-corrected chi connectivity index (χ1v) is 5.09. The van der Waals surface area contributed by atoms with Crippen molar-refractivity contribution in [3.8, 4) is 0 Å². The smallest absolute Gasteiger partial charge is 0.0820 e. The van der Waals surface area contributed by atoms with Crippen LogP contribution >= 0.6 is 11.6 Å². The van der Waals surface area contributed by atoms with E-state index in [9.17, 15) is 0 Å². The number of aromatic nitrogens is 1. The first-order valence-electron chi connectivity index (χ1n) is 4.71. The average Bonchev–Trinajstić information content (AvgIpc) is 2.20. The molecule has 0 radical (unpaired) electrons. The van der Waals surface area contributed by atoms with Crippen molar-refractivity contribution in [2.75, 3.05) is 11.9 Å². The van der Waals surface area contributed by atoms with Gasteiger partial charge in [-0.15, -0.1) is 0 Å². The van der Waals surface area contributed by atoms with Gasteiger partial charge in [0, 0.05) is 18.4 Å². The summed E-state index contributed by atoms with van der Waals surface area (Å²) in [4.78, 5) is 3.92. The molecule has 14 heavy (non-hydrogen) atoms. The quantitative estimate of drug-likeness (QED) is 0.806. The Bertz CT molecular complexity index is 290. The summed E-state index contributed by atoms with van der Waals surface area (Å²) in [5.41, 5.74) is 6.49. The highest BCUT2D eigenvalue weighted by molar-refractivity contribution is 6.33. The number of pyridine rings is 1. The Morgan fingerprint density at radius 1 is 1.57 bits per heavy atom. The van der Waals surface area contributed by atoms with Crippen LogP contribution in [0.5, 0.6) is 0 Å². The first kappa shape index (κ1) is 11.3. The van der Waals surface area contributed by atoms with Crippen molar-refractivity contribution >= 4 is 17.3 Å². The molecule has 2 unspecified atom stereocenters. The third-order valence-electron chi connectivity index (χ3n) is 2.38. The highest BCUT2D eigenvalue weighted by atomic mass is 35.5. The number of nitrogens with one attached hydrogen (secondary N) is 1. The van der Waals surface area contributed by atoms with Gasteiger partial charge >= 0.3 is 0 Å². The molecule has 0 saturated carbocycles.